The Labute approximate surface area is 104 Å². The second kappa shape index (κ2) is 3.86. The molecule has 5 nitrogen and oxygen atoms in total. The zero-order valence-corrected chi connectivity index (χ0v) is 11.0. The molecule has 18 heavy (non-hydrogen) atoms. The molecule has 2 fully saturated rings. The highest BCUT2D eigenvalue weighted by Crippen LogP contribution is 2.48. The number of carbonyl (C=O) groups excluding carboxylic acids is 1. The standard InChI is InChI=1S/C10H16F2N2O3S/c1-9(3-4-9)18(16,17)14-8(15)10(13-2)5-6(10)7(11)12/h6-7,13H,3-5H2,1-2H3,(H,14,15)/t6-,10+/m0/s1. The van der Waals surface area contributed by atoms with Crippen molar-refractivity contribution in [1.82, 2.24) is 10.0 Å². The third kappa shape index (κ3) is 1.91. The highest BCUT2D eigenvalue weighted by Gasteiger charge is 2.65. The van der Waals surface area contributed by atoms with Gasteiger partial charge in [-0.3, -0.25) is 9.52 Å². The lowest BCUT2D eigenvalue weighted by atomic mass is 10.2. The molecule has 2 atom stereocenters. The van der Waals surface area contributed by atoms with Crippen LogP contribution >= 0.6 is 0 Å². The summed E-state index contributed by atoms with van der Waals surface area (Å²) in [6, 6.07) is 0. The highest BCUT2D eigenvalue weighted by atomic mass is 32.2. The molecular formula is C10H16F2N2O3S. The molecule has 0 unspecified atom stereocenters. The number of hydrogen-bond acceptors (Lipinski definition) is 4. The first-order valence-electron chi connectivity index (χ1n) is 5.72. The maximum Gasteiger partial charge on any atom is 0.254 e. The van der Waals surface area contributed by atoms with E-state index in [1.54, 1.807) is 0 Å². The van der Waals surface area contributed by atoms with Gasteiger partial charge in [0, 0.05) is 5.92 Å². The molecule has 0 radical (unpaired) electrons. The number of hydrogen-bond donors (Lipinski definition) is 2. The Morgan fingerprint density at radius 2 is 1.94 bits per heavy atom. The summed E-state index contributed by atoms with van der Waals surface area (Å²) in [4.78, 5) is 11.9. The third-order valence-electron chi connectivity index (χ3n) is 4.00. The van der Waals surface area contributed by atoms with Crippen molar-refractivity contribution in [2.45, 2.75) is 42.9 Å². The summed E-state index contributed by atoms with van der Waals surface area (Å²) in [7, 11) is -2.39. The summed E-state index contributed by atoms with van der Waals surface area (Å²) in [5.74, 6) is -1.99. The Hall–Kier alpha value is -0.760. The first-order chi connectivity index (χ1) is 8.18. The smallest absolute Gasteiger partial charge is 0.254 e. The van der Waals surface area contributed by atoms with Crippen molar-refractivity contribution in [3.8, 4) is 0 Å². The molecule has 104 valence electrons. The maximum absolute atomic E-state index is 12.6. The van der Waals surface area contributed by atoms with Crippen molar-refractivity contribution in [2.75, 3.05) is 7.05 Å². The van der Waals surface area contributed by atoms with Gasteiger partial charge in [-0.1, -0.05) is 0 Å². The number of alkyl halides is 2. The molecule has 0 aromatic heterocycles. The molecule has 2 aliphatic carbocycles. The van der Waals surface area contributed by atoms with E-state index in [9.17, 15) is 22.0 Å². The molecule has 2 saturated carbocycles. The molecule has 2 aliphatic rings. The summed E-state index contributed by atoms with van der Waals surface area (Å²) in [6.45, 7) is 1.53. The fraction of sp³-hybridized carbons (Fsp3) is 0.900. The van der Waals surface area contributed by atoms with Crippen molar-refractivity contribution in [3.05, 3.63) is 0 Å². The molecule has 0 saturated heterocycles. The van der Waals surface area contributed by atoms with Crippen molar-refractivity contribution >= 4 is 15.9 Å². The molecule has 0 aliphatic heterocycles. The van der Waals surface area contributed by atoms with Gasteiger partial charge >= 0.3 is 0 Å². The summed E-state index contributed by atoms with van der Waals surface area (Å²) < 4.78 is 49.8. The average Bonchev–Trinajstić information content (AvgIpc) is 3.11. The number of likely N-dealkylation sites (N-methyl/N-ethyl adjacent to an activating group) is 1. The summed E-state index contributed by atoms with van der Waals surface area (Å²) in [6.07, 6.45) is -1.71. The monoisotopic (exact) mass is 282 g/mol. The van der Waals surface area contributed by atoms with Crippen LogP contribution in [0.1, 0.15) is 26.2 Å². The second-order valence-electron chi connectivity index (χ2n) is 5.25. The van der Waals surface area contributed by atoms with E-state index in [0.29, 0.717) is 12.8 Å². The van der Waals surface area contributed by atoms with Gasteiger partial charge in [-0.25, -0.2) is 17.2 Å². The topological polar surface area (TPSA) is 75.3 Å². The van der Waals surface area contributed by atoms with E-state index in [-0.39, 0.29) is 6.42 Å². The number of sulfonamides is 1. The largest absolute Gasteiger partial charge is 0.306 e. The lowest BCUT2D eigenvalue weighted by Crippen LogP contribution is -2.51. The van der Waals surface area contributed by atoms with Crippen molar-refractivity contribution < 1.29 is 22.0 Å². The van der Waals surface area contributed by atoms with Crippen LogP contribution in [-0.4, -0.2) is 38.1 Å². The van der Waals surface area contributed by atoms with Crippen LogP contribution in [0.5, 0.6) is 0 Å². The SMILES string of the molecule is CN[C@]1(C(=O)NS(=O)(=O)C2(C)CC2)C[C@H]1C(F)F. The van der Waals surface area contributed by atoms with Gasteiger partial charge in [-0.2, -0.15) is 0 Å². The lowest BCUT2D eigenvalue weighted by molar-refractivity contribution is -0.123. The normalized spacial score (nSPS) is 33.3. The average molecular weight is 282 g/mol. The minimum absolute atomic E-state index is 0.0424. The first-order valence-corrected chi connectivity index (χ1v) is 7.21. The van der Waals surface area contributed by atoms with Crippen LogP contribution in [0.25, 0.3) is 0 Å². The molecule has 0 aromatic rings. The van der Waals surface area contributed by atoms with Crippen LogP contribution in [0.15, 0.2) is 0 Å². The van der Waals surface area contributed by atoms with Gasteiger partial charge in [-0.15, -0.1) is 0 Å². The summed E-state index contributed by atoms with van der Waals surface area (Å²) >= 11 is 0. The fourth-order valence-electron chi connectivity index (χ4n) is 2.04. The van der Waals surface area contributed by atoms with E-state index in [4.69, 9.17) is 0 Å². The fourth-order valence-corrected chi connectivity index (χ4v) is 3.35. The van der Waals surface area contributed by atoms with Crippen LogP contribution in [0, 0.1) is 5.92 Å². The quantitative estimate of drug-likeness (QED) is 0.757. The molecule has 8 heteroatoms. The van der Waals surface area contributed by atoms with E-state index in [1.807, 2.05) is 4.72 Å². The predicted molar refractivity (Wildman–Crippen MR) is 60.6 cm³/mol. The zero-order valence-electron chi connectivity index (χ0n) is 10.2. The molecule has 0 spiro atoms. The number of rotatable bonds is 5. The zero-order chi connectivity index (χ0) is 13.8. The number of nitrogens with one attached hydrogen (secondary N) is 2. The molecule has 0 aromatic carbocycles. The predicted octanol–water partition coefficient (Wildman–Crippen LogP) is 0.228. The van der Waals surface area contributed by atoms with Gasteiger partial charge in [0.05, 0.1) is 4.75 Å². The van der Waals surface area contributed by atoms with E-state index in [1.165, 1.54) is 14.0 Å². The number of halogens is 2. The van der Waals surface area contributed by atoms with Crippen LogP contribution in [0.4, 0.5) is 8.78 Å². The Morgan fingerprint density at radius 1 is 1.39 bits per heavy atom. The Kier molecular flexibility index (Phi) is 2.93. The van der Waals surface area contributed by atoms with E-state index < -0.39 is 38.6 Å². The van der Waals surface area contributed by atoms with E-state index in [2.05, 4.69) is 5.32 Å². The molecular weight excluding hydrogens is 266 g/mol. The minimum atomic E-state index is -3.77. The third-order valence-corrected chi connectivity index (χ3v) is 6.16. The van der Waals surface area contributed by atoms with E-state index in [0.717, 1.165) is 0 Å². The maximum atomic E-state index is 12.6. The van der Waals surface area contributed by atoms with Gasteiger partial charge in [0.1, 0.15) is 5.54 Å². The van der Waals surface area contributed by atoms with Gasteiger partial charge in [-0.05, 0) is 33.2 Å². The minimum Gasteiger partial charge on any atom is -0.306 e. The van der Waals surface area contributed by atoms with Gasteiger partial charge < -0.3 is 5.32 Å². The molecule has 1 amide bonds. The van der Waals surface area contributed by atoms with Gasteiger partial charge in [0.15, 0.2) is 0 Å². The Balaban J connectivity index is 2.09. The van der Waals surface area contributed by atoms with Crippen LogP contribution < -0.4 is 10.0 Å². The Morgan fingerprint density at radius 3 is 2.28 bits per heavy atom. The van der Waals surface area contributed by atoms with Crippen molar-refractivity contribution in [3.63, 3.8) is 0 Å². The van der Waals surface area contributed by atoms with Gasteiger partial charge in [0.25, 0.3) is 5.91 Å². The second-order valence-corrected chi connectivity index (χ2v) is 7.45. The number of carbonyl (C=O) groups is 1. The summed E-state index contributed by atoms with van der Waals surface area (Å²) in [5, 5.41) is 2.52. The first kappa shape index (κ1) is 13.7. The van der Waals surface area contributed by atoms with Crippen molar-refractivity contribution in [1.29, 1.82) is 0 Å². The van der Waals surface area contributed by atoms with E-state index >= 15 is 0 Å². The van der Waals surface area contributed by atoms with Crippen LogP contribution in [-0.2, 0) is 14.8 Å². The van der Waals surface area contributed by atoms with Crippen LogP contribution in [0.3, 0.4) is 0 Å². The van der Waals surface area contributed by atoms with Crippen LogP contribution in [0.2, 0.25) is 0 Å². The number of amides is 1. The lowest BCUT2D eigenvalue weighted by Gasteiger charge is -2.18. The molecule has 2 N–H and O–H groups in total. The summed E-state index contributed by atoms with van der Waals surface area (Å²) in [5.41, 5.74) is -1.44. The molecule has 2 rings (SSSR count). The highest BCUT2D eigenvalue weighted by molar-refractivity contribution is 7.91. The molecule has 0 heterocycles. The van der Waals surface area contributed by atoms with Gasteiger partial charge in [0.2, 0.25) is 16.4 Å². The Bertz CT molecular complexity index is 476. The molecule has 0 bridgehead atoms. The van der Waals surface area contributed by atoms with Crippen molar-refractivity contribution in [2.24, 2.45) is 5.92 Å².